The van der Waals surface area contributed by atoms with Crippen LogP contribution in [0.3, 0.4) is 0 Å². The van der Waals surface area contributed by atoms with E-state index in [1.165, 1.54) is 0 Å². The van der Waals surface area contributed by atoms with Crippen LogP contribution in [0.25, 0.3) is 0 Å². The number of ether oxygens (including phenoxy) is 1. The average molecular weight is 258 g/mol. The lowest BCUT2D eigenvalue weighted by Crippen LogP contribution is -2.33. The van der Waals surface area contributed by atoms with Gasteiger partial charge < -0.3 is 10.1 Å². The molecular weight excluding hydrogens is 238 g/mol. The van der Waals surface area contributed by atoms with Crippen molar-refractivity contribution in [2.24, 2.45) is 0 Å². The number of rotatable bonds is 6. The monoisotopic (exact) mass is 257 g/mol. The minimum atomic E-state index is 0.0298. The number of hydrogen-bond acceptors (Lipinski definition) is 4. The van der Waals surface area contributed by atoms with Crippen molar-refractivity contribution in [3.05, 3.63) is 17.0 Å². The Bertz CT molecular complexity index is 367. The maximum atomic E-state index is 5.95. The van der Waals surface area contributed by atoms with E-state index in [1.54, 1.807) is 13.2 Å². The molecule has 0 atom stereocenters. The summed E-state index contributed by atoms with van der Waals surface area (Å²) in [6.07, 6.45) is 2.04. The minimum Gasteiger partial charge on any atom is -0.377 e. The van der Waals surface area contributed by atoms with Crippen LogP contribution in [0.1, 0.15) is 39.4 Å². The van der Waals surface area contributed by atoms with Crippen LogP contribution in [-0.2, 0) is 11.3 Å². The maximum Gasteiger partial charge on any atom is 0.158 e. The molecule has 0 aliphatic rings. The minimum absolute atomic E-state index is 0.0298. The molecule has 0 aliphatic carbocycles. The summed E-state index contributed by atoms with van der Waals surface area (Å²) >= 11 is 5.95. The summed E-state index contributed by atoms with van der Waals surface area (Å²) in [6, 6.07) is 1.74. The molecule has 0 radical (unpaired) electrons. The molecule has 96 valence electrons. The highest BCUT2D eigenvalue weighted by molar-refractivity contribution is 6.29. The van der Waals surface area contributed by atoms with Gasteiger partial charge in [-0.2, -0.15) is 0 Å². The largest absolute Gasteiger partial charge is 0.377 e. The molecule has 0 fully saturated rings. The first-order chi connectivity index (χ1) is 8.03. The van der Waals surface area contributed by atoms with Gasteiger partial charge in [0.2, 0.25) is 0 Å². The maximum absolute atomic E-state index is 5.95. The molecule has 1 heterocycles. The van der Waals surface area contributed by atoms with Gasteiger partial charge in [-0.1, -0.05) is 25.4 Å². The van der Waals surface area contributed by atoms with Crippen LogP contribution in [-0.4, -0.2) is 22.6 Å². The lowest BCUT2D eigenvalue weighted by atomic mass is 9.96. The zero-order valence-corrected chi connectivity index (χ0v) is 11.6. The molecule has 17 heavy (non-hydrogen) atoms. The quantitative estimate of drug-likeness (QED) is 0.795. The fourth-order valence-electron chi connectivity index (χ4n) is 1.46. The molecule has 0 spiro atoms. The summed E-state index contributed by atoms with van der Waals surface area (Å²) in [5, 5.41) is 3.84. The molecule has 0 amide bonds. The third-order valence-corrected chi connectivity index (χ3v) is 3.20. The normalized spacial score (nSPS) is 11.6. The third kappa shape index (κ3) is 4.13. The lowest BCUT2D eigenvalue weighted by molar-refractivity contribution is 0.178. The molecule has 0 saturated heterocycles. The predicted molar refractivity (Wildman–Crippen MR) is 70.4 cm³/mol. The Morgan fingerprint density at radius 1 is 1.35 bits per heavy atom. The summed E-state index contributed by atoms with van der Waals surface area (Å²) < 4.78 is 5.01. The SMILES string of the molecule is CCC(C)(CC)Nc1cc(Cl)nc(COC)n1. The first-order valence-electron chi connectivity index (χ1n) is 5.83. The van der Waals surface area contributed by atoms with Gasteiger partial charge in [-0.15, -0.1) is 0 Å². The molecule has 0 bridgehead atoms. The van der Waals surface area contributed by atoms with E-state index in [1.807, 2.05) is 0 Å². The van der Waals surface area contributed by atoms with Gasteiger partial charge in [0, 0.05) is 18.7 Å². The van der Waals surface area contributed by atoms with Gasteiger partial charge in [0.05, 0.1) is 0 Å². The van der Waals surface area contributed by atoms with Crippen molar-refractivity contribution in [2.45, 2.75) is 45.8 Å². The van der Waals surface area contributed by atoms with Crippen LogP contribution in [0.2, 0.25) is 5.15 Å². The summed E-state index contributed by atoms with van der Waals surface area (Å²) in [5.41, 5.74) is 0.0298. The highest BCUT2D eigenvalue weighted by atomic mass is 35.5. The Morgan fingerprint density at radius 2 is 2.00 bits per heavy atom. The Kier molecular flexibility index (Phi) is 5.15. The van der Waals surface area contributed by atoms with E-state index < -0.39 is 0 Å². The highest BCUT2D eigenvalue weighted by Crippen LogP contribution is 2.22. The van der Waals surface area contributed by atoms with Crippen molar-refractivity contribution in [2.75, 3.05) is 12.4 Å². The van der Waals surface area contributed by atoms with Crippen LogP contribution in [0.15, 0.2) is 6.07 Å². The first-order valence-corrected chi connectivity index (χ1v) is 6.21. The summed E-state index contributed by atoms with van der Waals surface area (Å²) in [7, 11) is 1.61. The molecule has 1 aromatic heterocycles. The van der Waals surface area contributed by atoms with E-state index in [0.717, 1.165) is 18.7 Å². The Morgan fingerprint density at radius 3 is 2.53 bits per heavy atom. The van der Waals surface area contributed by atoms with Gasteiger partial charge in [0.15, 0.2) is 5.82 Å². The van der Waals surface area contributed by atoms with Gasteiger partial charge in [0.1, 0.15) is 17.6 Å². The topological polar surface area (TPSA) is 47.0 Å². The number of methoxy groups -OCH3 is 1. The smallest absolute Gasteiger partial charge is 0.158 e. The van der Waals surface area contributed by atoms with Crippen molar-refractivity contribution in [1.82, 2.24) is 9.97 Å². The lowest BCUT2D eigenvalue weighted by Gasteiger charge is -2.29. The van der Waals surface area contributed by atoms with Gasteiger partial charge >= 0.3 is 0 Å². The van der Waals surface area contributed by atoms with Crippen LogP contribution in [0.4, 0.5) is 5.82 Å². The van der Waals surface area contributed by atoms with Gasteiger partial charge in [0.25, 0.3) is 0 Å². The number of anilines is 1. The molecule has 5 heteroatoms. The number of hydrogen-bond donors (Lipinski definition) is 1. The zero-order chi connectivity index (χ0) is 12.9. The standard InChI is InChI=1S/C12H20ClN3O/c1-5-12(3,6-2)16-10-7-9(13)14-11(15-10)8-17-4/h7H,5-6,8H2,1-4H3,(H,14,15,16). The molecular formula is C12H20ClN3O. The Balaban J connectivity index is 2.90. The second kappa shape index (κ2) is 6.17. The van der Waals surface area contributed by atoms with Crippen LogP contribution >= 0.6 is 11.6 Å². The molecule has 1 aromatic rings. The molecule has 0 unspecified atom stereocenters. The van der Waals surface area contributed by atoms with Gasteiger partial charge in [-0.25, -0.2) is 9.97 Å². The predicted octanol–water partition coefficient (Wildman–Crippen LogP) is 3.27. The van der Waals surface area contributed by atoms with E-state index in [9.17, 15) is 0 Å². The zero-order valence-electron chi connectivity index (χ0n) is 10.9. The van der Waals surface area contributed by atoms with E-state index >= 15 is 0 Å². The van der Waals surface area contributed by atoms with Gasteiger partial charge in [-0.05, 0) is 19.8 Å². The average Bonchev–Trinajstić information content (AvgIpc) is 2.28. The summed E-state index contributed by atoms with van der Waals surface area (Å²) in [6.45, 7) is 6.83. The number of nitrogens with one attached hydrogen (secondary N) is 1. The fraction of sp³-hybridized carbons (Fsp3) is 0.667. The Hall–Kier alpha value is -0.870. The molecule has 1 rings (SSSR count). The van der Waals surface area contributed by atoms with E-state index in [2.05, 4.69) is 36.1 Å². The second-order valence-electron chi connectivity index (χ2n) is 4.32. The first kappa shape index (κ1) is 14.2. The molecule has 1 N–H and O–H groups in total. The van der Waals surface area contributed by atoms with Gasteiger partial charge in [-0.3, -0.25) is 0 Å². The Labute approximate surface area is 108 Å². The number of halogens is 1. The summed E-state index contributed by atoms with van der Waals surface area (Å²) in [4.78, 5) is 8.47. The molecule has 0 saturated carbocycles. The van der Waals surface area contributed by atoms with Crippen molar-refractivity contribution in [3.63, 3.8) is 0 Å². The second-order valence-corrected chi connectivity index (χ2v) is 4.71. The highest BCUT2D eigenvalue weighted by Gasteiger charge is 2.20. The van der Waals surface area contributed by atoms with Crippen molar-refractivity contribution in [3.8, 4) is 0 Å². The summed E-state index contributed by atoms with van der Waals surface area (Å²) in [5.74, 6) is 1.35. The fourth-order valence-corrected chi connectivity index (χ4v) is 1.66. The van der Waals surface area contributed by atoms with Crippen LogP contribution in [0, 0.1) is 0 Å². The van der Waals surface area contributed by atoms with E-state index in [-0.39, 0.29) is 5.54 Å². The number of aromatic nitrogens is 2. The van der Waals surface area contributed by atoms with Crippen LogP contribution < -0.4 is 5.32 Å². The van der Waals surface area contributed by atoms with Crippen molar-refractivity contribution < 1.29 is 4.74 Å². The number of nitrogens with zero attached hydrogens (tertiary/aromatic N) is 2. The van der Waals surface area contributed by atoms with E-state index in [4.69, 9.17) is 16.3 Å². The molecule has 0 aliphatic heterocycles. The van der Waals surface area contributed by atoms with Crippen LogP contribution in [0.5, 0.6) is 0 Å². The van der Waals surface area contributed by atoms with Crippen molar-refractivity contribution in [1.29, 1.82) is 0 Å². The third-order valence-electron chi connectivity index (χ3n) is 3.01. The van der Waals surface area contributed by atoms with E-state index in [0.29, 0.717) is 17.6 Å². The molecule has 4 nitrogen and oxygen atoms in total. The van der Waals surface area contributed by atoms with Crippen molar-refractivity contribution >= 4 is 17.4 Å². The molecule has 0 aromatic carbocycles.